The summed E-state index contributed by atoms with van der Waals surface area (Å²) < 4.78 is 13.0. The maximum Gasteiger partial charge on any atom is 0.262 e. The van der Waals surface area contributed by atoms with Crippen molar-refractivity contribution in [1.29, 1.82) is 5.26 Å². The van der Waals surface area contributed by atoms with Crippen molar-refractivity contribution < 1.29 is 13.9 Å². The molecule has 0 fully saturated rings. The predicted molar refractivity (Wildman–Crippen MR) is 149 cm³/mol. The van der Waals surface area contributed by atoms with E-state index in [0.717, 1.165) is 22.6 Å². The molecule has 2 heterocycles. The SMILES string of the molecule is Cc1ccc(COc2ccc(-c3nn(-c4ccccc4)cc3C=C(C#N)C(=O)NCc3ccco3)cc2)cc1. The maximum absolute atomic E-state index is 12.8. The Hall–Kier alpha value is -5.35. The van der Waals surface area contributed by atoms with Crippen molar-refractivity contribution in [1.82, 2.24) is 15.1 Å². The highest BCUT2D eigenvalue weighted by atomic mass is 16.5. The van der Waals surface area contributed by atoms with Gasteiger partial charge in [0.1, 0.15) is 29.8 Å². The molecule has 0 bridgehead atoms. The summed E-state index contributed by atoms with van der Waals surface area (Å²) in [5, 5.41) is 17.3. The zero-order valence-corrected chi connectivity index (χ0v) is 21.4. The number of aryl methyl sites for hydroxylation is 1. The Labute approximate surface area is 226 Å². The van der Waals surface area contributed by atoms with Crippen LogP contribution in [-0.2, 0) is 17.9 Å². The molecule has 0 aliphatic rings. The number of rotatable bonds is 9. The first kappa shape index (κ1) is 25.3. The van der Waals surface area contributed by atoms with Gasteiger partial charge in [0.15, 0.2) is 0 Å². The molecule has 3 aromatic carbocycles. The molecular formula is C32H26N4O3. The molecule has 0 spiro atoms. The molecule has 7 nitrogen and oxygen atoms in total. The van der Waals surface area contributed by atoms with Gasteiger partial charge < -0.3 is 14.5 Å². The van der Waals surface area contributed by atoms with Crippen LogP contribution in [0.3, 0.4) is 0 Å². The first-order valence-electron chi connectivity index (χ1n) is 12.5. The van der Waals surface area contributed by atoms with Crippen molar-refractivity contribution in [3.63, 3.8) is 0 Å². The van der Waals surface area contributed by atoms with E-state index in [4.69, 9.17) is 14.3 Å². The van der Waals surface area contributed by atoms with Gasteiger partial charge in [-0.05, 0) is 67.1 Å². The van der Waals surface area contributed by atoms with Gasteiger partial charge in [0.05, 0.1) is 24.2 Å². The first-order chi connectivity index (χ1) is 19.1. The molecule has 0 aliphatic heterocycles. The highest BCUT2D eigenvalue weighted by Gasteiger charge is 2.15. The molecule has 1 N–H and O–H groups in total. The van der Waals surface area contributed by atoms with E-state index in [2.05, 4.69) is 36.5 Å². The van der Waals surface area contributed by atoms with Crippen molar-refractivity contribution in [2.45, 2.75) is 20.1 Å². The number of carbonyl (C=O) groups is 1. The number of aromatic nitrogens is 2. The summed E-state index contributed by atoms with van der Waals surface area (Å²) in [4.78, 5) is 12.8. The summed E-state index contributed by atoms with van der Waals surface area (Å²) in [6, 6.07) is 31.0. The molecular weight excluding hydrogens is 488 g/mol. The summed E-state index contributed by atoms with van der Waals surface area (Å²) in [5.74, 6) is 0.837. The molecule has 5 rings (SSSR count). The van der Waals surface area contributed by atoms with Crippen LogP contribution in [0.25, 0.3) is 23.0 Å². The Kier molecular flexibility index (Phi) is 7.66. The number of hydrogen-bond donors (Lipinski definition) is 1. The minimum Gasteiger partial charge on any atom is -0.489 e. The van der Waals surface area contributed by atoms with Gasteiger partial charge in [0, 0.05) is 17.3 Å². The minimum absolute atomic E-state index is 0.0338. The third-order valence-corrected chi connectivity index (χ3v) is 6.09. The van der Waals surface area contributed by atoms with Crippen molar-refractivity contribution in [2.75, 3.05) is 0 Å². The number of furan rings is 1. The van der Waals surface area contributed by atoms with Crippen LogP contribution in [-0.4, -0.2) is 15.7 Å². The maximum atomic E-state index is 12.8. The Morgan fingerprint density at radius 2 is 1.79 bits per heavy atom. The van der Waals surface area contributed by atoms with Gasteiger partial charge >= 0.3 is 0 Å². The largest absolute Gasteiger partial charge is 0.489 e. The van der Waals surface area contributed by atoms with Gasteiger partial charge in [0.2, 0.25) is 0 Å². The molecule has 5 aromatic rings. The van der Waals surface area contributed by atoms with E-state index in [9.17, 15) is 10.1 Å². The number of hydrogen-bond acceptors (Lipinski definition) is 5. The fourth-order valence-electron chi connectivity index (χ4n) is 3.97. The van der Waals surface area contributed by atoms with Crippen LogP contribution in [0.5, 0.6) is 5.75 Å². The molecule has 0 aliphatic carbocycles. The van der Waals surface area contributed by atoms with E-state index >= 15 is 0 Å². The molecule has 2 aromatic heterocycles. The molecule has 0 atom stereocenters. The lowest BCUT2D eigenvalue weighted by atomic mass is 10.1. The predicted octanol–water partition coefficient (Wildman–Crippen LogP) is 6.24. The number of amides is 1. The normalized spacial score (nSPS) is 11.1. The molecule has 192 valence electrons. The summed E-state index contributed by atoms with van der Waals surface area (Å²) >= 11 is 0. The molecule has 39 heavy (non-hydrogen) atoms. The summed E-state index contributed by atoms with van der Waals surface area (Å²) in [5.41, 5.74) is 5.22. The van der Waals surface area contributed by atoms with Crippen LogP contribution in [0.15, 0.2) is 113 Å². The smallest absolute Gasteiger partial charge is 0.262 e. The third kappa shape index (κ3) is 6.32. The molecule has 0 saturated carbocycles. The number of nitrogens with zero attached hydrogens (tertiary/aromatic N) is 3. The summed E-state index contributed by atoms with van der Waals surface area (Å²) in [6.45, 7) is 2.71. The second-order valence-electron chi connectivity index (χ2n) is 8.94. The van der Waals surface area contributed by atoms with Crippen LogP contribution >= 0.6 is 0 Å². The van der Waals surface area contributed by atoms with Crippen LogP contribution in [0.1, 0.15) is 22.5 Å². The second kappa shape index (κ2) is 11.8. The number of nitriles is 1. The van der Waals surface area contributed by atoms with Crippen LogP contribution in [0.2, 0.25) is 0 Å². The molecule has 0 saturated heterocycles. The zero-order valence-electron chi connectivity index (χ0n) is 21.4. The van der Waals surface area contributed by atoms with Crippen molar-refractivity contribution in [3.8, 4) is 28.8 Å². The summed E-state index contributed by atoms with van der Waals surface area (Å²) in [6.07, 6.45) is 4.90. The van der Waals surface area contributed by atoms with Gasteiger partial charge in [-0.15, -0.1) is 0 Å². The number of benzene rings is 3. The standard InChI is InChI=1S/C32H26N4O3/c1-23-9-11-24(12-10-23)22-39-29-15-13-25(14-16-29)31-27(21-36(35-31)28-6-3-2-4-7-28)18-26(19-33)32(37)34-20-30-8-5-17-38-30/h2-18,21H,20,22H2,1H3,(H,34,37). The van der Waals surface area contributed by atoms with Gasteiger partial charge in [0.25, 0.3) is 5.91 Å². The van der Waals surface area contributed by atoms with E-state index in [-0.39, 0.29) is 12.1 Å². The van der Waals surface area contributed by atoms with Crippen molar-refractivity contribution in [3.05, 3.63) is 131 Å². The quantitative estimate of drug-likeness (QED) is 0.186. The van der Waals surface area contributed by atoms with Crippen molar-refractivity contribution >= 4 is 12.0 Å². The number of carbonyl (C=O) groups excluding carboxylic acids is 1. The van der Waals surface area contributed by atoms with E-state index in [1.54, 1.807) is 22.9 Å². The minimum atomic E-state index is -0.493. The lowest BCUT2D eigenvalue weighted by Gasteiger charge is -2.08. The van der Waals surface area contributed by atoms with Gasteiger partial charge in [-0.2, -0.15) is 10.4 Å². The average molecular weight is 515 g/mol. The lowest BCUT2D eigenvalue weighted by molar-refractivity contribution is -0.117. The Balaban J connectivity index is 1.41. The fourth-order valence-corrected chi connectivity index (χ4v) is 3.97. The Morgan fingerprint density at radius 1 is 1.03 bits per heavy atom. The third-order valence-electron chi connectivity index (χ3n) is 6.09. The average Bonchev–Trinajstić information content (AvgIpc) is 3.65. The van der Waals surface area contributed by atoms with E-state index in [1.165, 1.54) is 11.8 Å². The van der Waals surface area contributed by atoms with Crippen LogP contribution in [0, 0.1) is 18.3 Å². The van der Waals surface area contributed by atoms with Crippen LogP contribution in [0.4, 0.5) is 0 Å². The first-order valence-corrected chi connectivity index (χ1v) is 12.5. The number of para-hydroxylation sites is 1. The molecule has 7 heteroatoms. The molecule has 0 radical (unpaired) electrons. The number of ether oxygens (including phenoxy) is 1. The van der Waals surface area contributed by atoms with Gasteiger partial charge in [-0.25, -0.2) is 4.68 Å². The van der Waals surface area contributed by atoms with E-state index in [1.807, 2.05) is 66.9 Å². The summed E-state index contributed by atoms with van der Waals surface area (Å²) in [7, 11) is 0. The van der Waals surface area contributed by atoms with E-state index < -0.39 is 5.91 Å². The van der Waals surface area contributed by atoms with Gasteiger partial charge in [-0.1, -0.05) is 48.0 Å². The highest BCUT2D eigenvalue weighted by molar-refractivity contribution is 6.02. The highest BCUT2D eigenvalue weighted by Crippen LogP contribution is 2.28. The molecule has 0 unspecified atom stereocenters. The second-order valence-corrected chi connectivity index (χ2v) is 8.94. The van der Waals surface area contributed by atoms with E-state index in [0.29, 0.717) is 23.6 Å². The monoisotopic (exact) mass is 514 g/mol. The zero-order chi connectivity index (χ0) is 27.0. The topological polar surface area (TPSA) is 93.1 Å². The van der Waals surface area contributed by atoms with Crippen molar-refractivity contribution in [2.24, 2.45) is 0 Å². The number of nitrogens with one attached hydrogen (secondary N) is 1. The molecule has 1 amide bonds. The Bertz CT molecular complexity index is 1610. The van der Waals surface area contributed by atoms with Crippen LogP contribution < -0.4 is 10.1 Å². The Morgan fingerprint density at radius 3 is 2.49 bits per heavy atom. The lowest BCUT2D eigenvalue weighted by Crippen LogP contribution is -2.23. The fraction of sp³-hybridized carbons (Fsp3) is 0.0938. The van der Waals surface area contributed by atoms with Gasteiger partial charge in [-0.3, -0.25) is 4.79 Å².